The molecule has 2 N–H and O–H groups in total. The van der Waals surface area contributed by atoms with Crippen LogP contribution >= 0.6 is 0 Å². The largest absolute Gasteiger partial charge is 0.370 e. The molecule has 0 saturated carbocycles. The van der Waals surface area contributed by atoms with Gasteiger partial charge in [-0.15, -0.1) is 0 Å². The summed E-state index contributed by atoms with van der Waals surface area (Å²) in [7, 11) is 0. The van der Waals surface area contributed by atoms with Crippen molar-refractivity contribution in [2.75, 3.05) is 23.7 Å². The lowest BCUT2D eigenvalue weighted by Crippen LogP contribution is -2.08. The van der Waals surface area contributed by atoms with Crippen LogP contribution in [0.1, 0.15) is 12.5 Å². The van der Waals surface area contributed by atoms with Crippen LogP contribution in [0.2, 0.25) is 0 Å². The van der Waals surface area contributed by atoms with Gasteiger partial charge < -0.3 is 10.6 Å². The Morgan fingerprint density at radius 3 is 2.63 bits per heavy atom. The molecule has 19 heavy (non-hydrogen) atoms. The van der Waals surface area contributed by atoms with E-state index in [1.807, 2.05) is 13.0 Å². The second-order valence-corrected chi connectivity index (χ2v) is 4.10. The lowest BCUT2D eigenvalue weighted by atomic mass is 10.1. The van der Waals surface area contributed by atoms with Crippen molar-refractivity contribution in [3.8, 4) is 0 Å². The fourth-order valence-corrected chi connectivity index (χ4v) is 1.69. The van der Waals surface area contributed by atoms with Gasteiger partial charge >= 0.3 is 0 Å². The SMILES string of the molecule is CCNc1nccc(NCCc2ccc(F)cc2)n1. The monoisotopic (exact) mass is 260 g/mol. The summed E-state index contributed by atoms with van der Waals surface area (Å²) in [6, 6.07) is 8.36. The molecular formula is C14H17FN4. The highest BCUT2D eigenvalue weighted by molar-refractivity contribution is 5.39. The van der Waals surface area contributed by atoms with Crippen molar-refractivity contribution < 1.29 is 4.39 Å². The molecule has 0 aliphatic rings. The predicted molar refractivity (Wildman–Crippen MR) is 74.8 cm³/mol. The fourth-order valence-electron chi connectivity index (χ4n) is 1.69. The van der Waals surface area contributed by atoms with Gasteiger partial charge in [0, 0.05) is 19.3 Å². The van der Waals surface area contributed by atoms with Gasteiger partial charge in [-0.05, 0) is 37.1 Å². The van der Waals surface area contributed by atoms with E-state index >= 15 is 0 Å². The summed E-state index contributed by atoms with van der Waals surface area (Å²) < 4.78 is 12.8. The third-order valence-corrected chi connectivity index (χ3v) is 2.62. The van der Waals surface area contributed by atoms with E-state index in [4.69, 9.17) is 0 Å². The first-order valence-corrected chi connectivity index (χ1v) is 6.33. The topological polar surface area (TPSA) is 49.8 Å². The van der Waals surface area contributed by atoms with Crippen molar-refractivity contribution in [2.24, 2.45) is 0 Å². The number of halogens is 1. The van der Waals surface area contributed by atoms with Crippen LogP contribution < -0.4 is 10.6 Å². The maximum atomic E-state index is 12.8. The van der Waals surface area contributed by atoms with Gasteiger partial charge in [0.1, 0.15) is 11.6 Å². The molecule has 1 aromatic heterocycles. The number of nitrogens with zero attached hydrogens (tertiary/aromatic N) is 2. The van der Waals surface area contributed by atoms with Crippen molar-refractivity contribution >= 4 is 11.8 Å². The molecule has 0 unspecified atom stereocenters. The zero-order valence-electron chi connectivity index (χ0n) is 10.9. The van der Waals surface area contributed by atoms with Gasteiger partial charge in [-0.25, -0.2) is 9.37 Å². The Labute approximate surface area is 112 Å². The van der Waals surface area contributed by atoms with Crippen LogP contribution in [-0.2, 0) is 6.42 Å². The zero-order valence-corrected chi connectivity index (χ0v) is 10.9. The second kappa shape index (κ2) is 6.68. The average Bonchev–Trinajstić information content (AvgIpc) is 2.42. The molecule has 1 aromatic carbocycles. The Hall–Kier alpha value is -2.17. The minimum absolute atomic E-state index is 0.206. The summed E-state index contributed by atoms with van der Waals surface area (Å²) in [5.41, 5.74) is 1.09. The first-order valence-electron chi connectivity index (χ1n) is 6.33. The van der Waals surface area contributed by atoms with Crippen LogP contribution in [0.5, 0.6) is 0 Å². The quantitative estimate of drug-likeness (QED) is 0.838. The normalized spacial score (nSPS) is 10.2. The van der Waals surface area contributed by atoms with Gasteiger partial charge in [0.25, 0.3) is 0 Å². The maximum absolute atomic E-state index is 12.8. The molecule has 2 rings (SSSR count). The molecule has 0 atom stereocenters. The lowest BCUT2D eigenvalue weighted by molar-refractivity contribution is 0.627. The summed E-state index contributed by atoms with van der Waals surface area (Å²) in [6.45, 7) is 3.53. The molecule has 0 aliphatic carbocycles. The predicted octanol–water partition coefficient (Wildman–Crippen LogP) is 2.70. The number of aromatic nitrogens is 2. The third kappa shape index (κ3) is 4.21. The van der Waals surface area contributed by atoms with Crippen molar-refractivity contribution in [1.82, 2.24) is 9.97 Å². The molecule has 4 nitrogen and oxygen atoms in total. The highest BCUT2D eigenvalue weighted by Gasteiger charge is 1.98. The van der Waals surface area contributed by atoms with Crippen LogP contribution in [-0.4, -0.2) is 23.1 Å². The van der Waals surface area contributed by atoms with E-state index in [2.05, 4.69) is 20.6 Å². The third-order valence-electron chi connectivity index (χ3n) is 2.62. The van der Waals surface area contributed by atoms with Gasteiger partial charge in [0.05, 0.1) is 0 Å². The molecule has 0 amide bonds. The fraction of sp³-hybridized carbons (Fsp3) is 0.286. The Bertz CT molecular complexity index is 513. The molecule has 0 spiro atoms. The van der Waals surface area contributed by atoms with E-state index in [9.17, 15) is 4.39 Å². The van der Waals surface area contributed by atoms with Gasteiger partial charge in [0.2, 0.25) is 5.95 Å². The van der Waals surface area contributed by atoms with E-state index in [1.54, 1.807) is 18.3 Å². The summed E-state index contributed by atoms with van der Waals surface area (Å²) in [6.07, 6.45) is 2.53. The average molecular weight is 260 g/mol. The number of anilines is 2. The number of rotatable bonds is 6. The standard InChI is InChI=1S/C14H17FN4/c1-2-16-14-18-10-8-13(19-14)17-9-7-11-3-5-12(15)6-4-11/h3-6,8,10H,2,7,9H2,1H3,(H2,16,17,18,19). The van der Waals surface area contributed by atoms with Crippen LogP contribution in [0.3, 0.4) is 0 Å². The first-order chi connectivity index (χ1) is 9.28. The molecular weight excluding hydrogens is 243 g/mol. The van der Waals surface area contributed by atoms with Gasteiger partial charge in [-0.1, -0.05) is 12.1 Å². The molecule has 0 fully saturated rings. The van der Waals surface area contributed by atoms with E-state index < -0.39 is 0 Å². The van der Waals surface area contributed by atoms with Crippen molar-refractivity contribution in [2.45, 2.75) is 13.3 Å². The minimum atomic E-state index is -0.206. The maximum Gasteiger partial charge on any atom is 0.224 e. The van der Waals surface area contributed by atoms with Crippen molar-refractivity contribution in [3.05, 3.63) is 47.9 Å². The first kappa shape index (κ1) is 13.3. The van der Waals surface area contributed by atoms with Gasteiger partial charge in [0.15, 0.2) is 0 Å². The Morgan fingerprint density at radius 1 is 1.11 bits per heavy atom. The minimum Gasteiger partial charge on any atom is -0.370 e. The molecule has 2 aromatic rings. The van der Waals surface area contributed by atoms with Gasteiger partial charge in [-0.3, -0.25) is 0 Å². The molecule has 1 heterocycles. The highest BCUT2D eigenvalue weighted by Crippen LogP contribution is 2.07. The number of benzene rings is 1. The Kier molecular flexibility index (Phi) is 4.66. The number of hydrogen-bond acceptors (Lipinski definition) is 4. The molecule has 0 saturated heterocycles. The zero-order chi connectivity index (χ0) is 13.5. The molecule has 0 bridgehead atoms. The summed E-state index contributed by atoms with van der Waals surface area (Å²) in [4.78, 5) is 8.42. The van der Waals surface area contributed by atoms with E-state index in [0.29, 0.717) is 5.95 Å². The number of hydrogen-bond donors (Lipinski definition) is 2. The lowest BCUT2D eigenvalue weighted by Gasteiger charge is -2.07. The van der Waals surface area contributed by atoms with Crippen LogP contribution in [0.15, 0.2) is 36.5 Å². The van der Waals surface area contributed by atoms with Crippen molar-refractivity contribution in [1.29, 1.82) is 0 Å². The summed E-state index contributed by atoms with van der Waals surface area (Å²) >= 11 is 0. The van der Waals surface area contributed by atoms with E-state index in [-0.39, 0.29) is 5.82 Å². The highest BCUT2D eigenvalue weighted by atomic mass is 19.1. The van der Waals surface area contributed by atoms with Crippen LogP contribution in [0, 0.1) is 5.82 Å². The smallest absolute Gasteiger partial charge is 0.224 e. The molecule has 0 radical (unpaired) electrons. The molecule has 100 valence electrons. The van der Waals surface area contributed by atoms with Gasteiger partial charge in [-0.2, -0.15) is 4.98 Å². The Balaban J connectivity index is 1.85. The molecule has 0 aliphatic heterocycles. The van der Waals surface area contributed by atoms with Crippen molar-refractivity contribution in [3.63, 3.8) is 0 Å². The number of nitrogens with one attached hydrogen (secondary N) is 2. The van der Waals surface area contributed by atoms with E-state index in [1.165, 1.54) is 12.1 Å². The van der Waals surface area contributed by atoms with Crippen LogP contribution in [0.25, 0.3) is 0 Å². The second-order valence-electron chi connectivity index (χ2n) is 4.10. The van der Waals surface area contributed by atoms with E-state index in [0.717, 1.165) is 30.9 Å². The van der Waals surface area contributed by atoms with Crippen LogP contribution in [0.4, 0.5) is 16.2 Å². The Morgan fingerprint density at radius 2 is 1.89 bits per heavy atom. The summed E-state index contributed by atoms with van der Waals surface area (Å²) in [5.74, 6) is 1.20. The summed E-state index contributed by atoms with van der Waals surface area (Å²) in [5, 5.41) is 6.28. The molecule has 5 heteroatoms.